The molecule has 0 unspecified atom stereocenters. The minimum absolute atomic E-state index is 0.190. The van der Waals surface area contributed by atoms with E-state index in [2.05, 4.69) is 4.74 Å². The number of aromatic hydroxyl groups is 1. The Bertz CT molecular complexity index is 956. The summed E-state index contributed by atoms with van der Waals surface area (Å²) in [6.45, 7) is 7.96. The molecule has 0 heterocycles. The van der Waals surface area contributed by atoms with Gasteiger partial charge in [-0.15, -0.1) is 0 Å². The van der Waals surface area contributed by atoms with Crippen LogP contribution in [-0.2, 0) is 15.6 Å². The van der Waals surface area contributed by atoms with Gasteiger partial charge in [-0.3, -0.25) is 4.79 Å². The Morgan fingerprint density at radius 1 is 1.00 bits per heavy atom. The van der Waals surface area contributed by atoms with Crippen molar-refractivity contribution in [1.82, 2.24) is 0 Å². The molecule has 3 rings (SSSR count). The molecule has 1 N–H and O–H groups in total. The molecule has 0 amide bonds. The Morgan fingerprint density at radius 2 is 1.54 bits per heavy atom. The number of carbonyl (C=O) groups is 2. The maximum absolute atomic E-state index is 15.6. The van der Waals surface area contributed by atoms with Crippen molar-refractivity contribution >= 4 is 11.8 Å². The van der Waals surface area contributed by atoms with Gasteiger partial charge < -0.3 is 9.84 Å². The van der Waals surface area contributed by atoms with Gasteiger partial charge in [-0.2, -0.15) is 0 Å². The standard InChI is InChI=1S/C23H25FO4/c1-22(2)10-11-23(3,4)18-15(22)12-16(25)17(19(18)24)20(26)13-6-8-14(9-7-13)21(27)28-5/h6-9,12,25H,10-11H2,1-5H3. The number of ketones is 1. The lowest BCUT2D eigenvalue weighted by atomic mass is 9.62. The second-order valence-electron chi connectivity index (χ2n) is 8.67. The number of halogens is 1. The zero-order chi connectivity index (χ0) is 20.9. The Morgan fingerprint density at radius 3 is 2.11 bits per heavy atom. The first-order chi connectivity index (χ1) is 13.0. The number of benzene rings is 2. The summed E-state index contributed by atoms with van der Waals surface area (Å²) in [5.74, 6) is -2.15. The molecule has 0 aromatic heterocycles. The van der Waals surface area contributed by atoms with Gasteiger partial charge >= 0.3 is 5.97 Å². The summed E-state index contributed by atoms with van der Waals surface area (Å²) >= 11 is 0. The fraction of sp³-hybridized carbons (Fsp3) is 0.391. The zero-order valence-electron chi connectivity index (χ0n) is 16.9. The van der Waals surface area contributed by atoms with Gasteiger partial charge in [0.2, 0.25) is 0 Å². The van der Waals surface area contributed by atoms with Gasteiger partial charge in [-0.1, -0.05) is 39.8 Å². The maximum Gasteiger partial charge on any atom is 0.337 e. The first-order valence-corrected chi connectivity index (χ1v) is 9.29. The minimum Gasteiger partial charge on any atom is -0.507 e. The third kappa shape index (κ3) is 3.19. The molecule has 0 saturated heterocycles. The number of carbonyl (C=O) groups excluding carboxylic acids is 2. The third-order valence-electron chi connectivity index (χ3n) is 5.82. The molecule has 2 aromatic carbocycles. The molecule has 0 bridgehead atoms. The van der Waals surface area contributed by atoms with Crippen LogP contribution in [0.15, 0.2) is 30.3 Å². The summed E-state index contributed by atoms with van der Waals surface area (Å²) in [5.41, 5.74) is 0.675. The van der Waals surface area contributed by atoms with E-state index in [4.69, 9.17) is 0 Å². The second kappa shape index (κ2) is 6.73. The fourth-order valence-electron chi connectivity index (χ4n) is 3.95. The molecule has 1 aliphatic carbocycles. The predicted octanol–water partition coefficient (Wildman–Crippen LogP) is 4.90. The van der Waals surface area contributed by atoms with Crippen LogP contribution in [0.2, 0.25) is 0 Å². The number of fused-ring (bicyclic) bond motifs is 1. The van der Waals surface area contributed by atoms with Crippen LogP contribution in [0, 0.1) is 5.82 Å². The Balaban J connectivity index is 2.13. The van der Waals surface area contributed by atoms with E-state index in [1.807, 2.05) is 27.7 Å². The van der Waals surface area contributed by atoms with Crippen LogP contribution in [0.1, 0.15) is 77.9 Å². The van der Waals surface area contributed by atoms with E-state index in [0.717, 1.165) is 18.4 Å². The molecule has 2 aromatic rings. The highest BCUT2D eigenvalue weighted by Gasteiger charge is 2.41. The van der Waals surface area contributed by atoms with E-state index >= 15 is 4.39 Å². The number of methoxy groups -OCH3 is 1. The topological polar surface area (TPSA) is 63.6 Å². The van der Waals surface area contributed by atoms with Crippen LogP contribution in [-0.4, -0.2) is 24.0 Å². The van der Waals surface area contributed by atoms with Crippen LogP contribution in [0.25, 0.3) is 0 Å². The Labute approximate surface area is 164 Å². The molecule has 1 aliphatic rings. The molecule has 0 aliphatic heterocycles. The molecule has 0 fully saturated rings. The number of ether oxygens (including phenoxy) is 1. The number of hydrogen-bond donors (Lipinski definition) is 1. The predicted molar refractivity (Wildman–Crippen MR) is 105 cm³/mol. The van der Waals surface area contributed by atoms with Crippen molar-refractivity contribution < 1.29 is 23.8 Å². The van der Waals surface area contributed by atoms with E-state index in [1.54, 1.807) is 0 Å². The van der Waals surface area contributed by atoms with Crippen LogP contribution in [0.5, 0.6) is 5.75 Å². The van der Waals surface area contributed by atoms with Crippen LogP contribution in [0.4, 0.5) is 4.39 Å². The van der Waals surface area contributed by atoms with Crippen LogP contribution >= 0.6 is 0 Å². The molecule has 28 heavy (non-hydrogen) atoms. The Kier molecular flexibility index (Phi) is 4.82. The van der Waals surface area contributed by atoms with E-state index in [0.29, 0.717) is 5.56 Å². The van der Waals surface area contributed by atoms with Gasteiger partial charge in [0, 0.05) is 5.56 Å². The monoisotopic (exact) mass is 384 g/mol. The summed E-state index contributed by atoms with van der Waals surface area (Å²) in [6.07, 6.45) is 1.66. The number of phenols is 1. The van der Waals surface area contributed by atoms with E-state index < -0.39 is 23.0 Å². The van der Waals surface area contributed by atoms with E-state index in [1.165, 1.54) is 37.4 Å². The molecule has 148 valence electrons. The lowest BCUT2D eigenvalue weighted by Crippen LogP contribution is -2.35. The van der Waals surface area contributed by atoms with Crippen molar-refractivity contribution in [3.8, 4) is 5.75 Å². The van der Waals surface area contributed by atoms with E-state index in [-0.39, 0.29) is 27.9 Å². The zero-order valence-corrected chi connectivity index (χ0v) is 16.9. The average molecular weight is 384 g/mol. The van der Waals surface area contributed by atoms with Crippen molar-refractivity contribution in [3.63, 3.8) is 0 Å². The second-order valence-corrected chi connectivity index (χ2v) is 8.67. The smallest absolute Gasteiger partial charge is 0.337 e. The summed E-state index contributed by atoms with van der Waals surface area (Å²) < 4.78 is 20.2. The summed E-state index contributed by atoms with van der Waals surface area (Å²) in [6, 6.07) is 7.29. The molecule has 0 atom stereocenters. The van der Waals surface area contributed by atoms with Crippen LogP contribution < -0.4 is 0 Å². The number of hydrogen-bond acceptors (Lipinski definition) is 4. The van der Waals surface area contributed by atoms with Crippen molar-refractivity contribution in [2.24, 2.45) is 0 Å². The van der Waals surface area contributed by atoms with Crippen molar-refractivity contribution in [3.05, 3.63) is 64.0 Å². The molecule has 5 heteroatoms. The fourth-order valence-corrected chi connectivity index (χ4v) is 3.95. The SMILES string of the molecule is COC(=O)c1ccc(C(=O)c2c(O)cc3c(c2F)C(C)(C)CCC3(C)C)cc1. The Hall–Kier alpha value is -2.69. The number of phenolic OH excluding ortho intramolecular Hbond substituents is 1. The lowest BCUT2D eigenvalue weighted by Gasteiger charge is -2.42. The first-order valence-electron chi connectivity index (χ1n) is 9.29. The van der Waals surface area contributed by atoms with Gasteiger partial charge in [0.1, 0.15) is 17.1 Å². The molecule has 0 saturated carbocycles. The highest BCUT2D eigenvalue weighted by atomic mass is 19.1. The third-order valence-corrected chi connectivity index (χ3v) is 5.82. The average Bonchev–Trinajstić information content (AvgIpc) is 2.64. The van der Waals surface area contributed by atoms with E-state index in [9.17, 15) is 14.7 Å². The molecule has 0 spiro atoms. The van der Waals surface area contributed by atoms with Crippen molar-refractivity contribution in [2.75, 3.05) is 7.11 Å². The molecular weight excluding hydrogens is 359 g/mol. The number of rotatable bonds is 3. The minimum atomic E-state index is -0.658. The molecule has 0 radical (unpaired) electrons. The highest BCUT2D eigenvalue weighted by Crippen LogP contribution is 2.49. The largest absolute Gasteiger partial charge is 0.507 e. The summed E-state index contributed by atoms with van der Waals surface area (Å²) in [5, 5.41) is 10.5. The summed E-state index contributed by atoms with van der Waals surface area (Å²) in [4.78, 5) is 24.5. The highest BCUT2D eigenvalue weighted by molar-refractivity contribution is 6.11. The van der Waals surface area contributed by atoms with Crippen molar-refractivity contribution in [1.29, 1.82) is 0 Å². The van der Waals surface area contributed by atoms with Gasteiger partial charge in [-0.25, -0.2) is 9.18 Å². The maximum atomic E-state index is 15.6. The normalized spacial score (nSPS) is 16.9. The van der Waals surface area contributed by atoms with Crippen LogP contribution in [0.3, 0.4) is 0 Å². The molecular formula is C23H25FO4. The van der Waals surface area contributed by atoms with Gasteiger partial charge in [0.25, 0.3) is 0 Å². The van der Waals surface area contributed by atoms with Gasteiger partial charge in [-0.05, 0) is 53.0 Å². The quantitative estimate of drug-likeness (QED) is 0.604. The molecule has 4 nitrogen and oxygen atoms in total. The van der Waals surface area contributed by atoms with Gasteiger partial charge in [0.05, 0.1) is 12.7 Å². The lowest BCUT2D eigenvalue weighted by molar-refractivity contribution is 0.0600. The van der Waals surface area contributed by atoms with Gasteiger partial charge in [0.15, 0.2) is 5.78 Å². The number of esters is 1. The van der Waals surface area contributed by atoms with Crippen molar-refractivity contribution in [2.45, 2.75) is 51.4 Å². The first kappa shape index (κ1) is 20.1. The summed E-state index contributed by atoms with van der Waals surface area (Å²) in [7, 11) is 1.27.